The topological polar surface area (TPSA) is 3.24 Å². The summed E-state index contributed by atoms with van der Waals surface area (Å²) < 4.78 is 14.0. The molecule has 0 aliphatic heterocycles. The molecule has 1 nitrogen and oxygen atoms in total. The van der Waals surface area contributed by atoms with Gasteiger partial charge in [-0.05, 0) is 55.0 Å². The third kappa shape index (κ3) is 4.62. The van der Waals surface area contributed by atoms with Crippen molar-refractivity contribution in [2.45, 2.75) is 58.4 Å². The first-order chi connectivity index (χ1) is 11.8. The van der Waals surface area contributed by atoms with E-state index in [0.717, 1.165) is 5.56 Å². The van der Waals surface area contributed by atoms with E-state index >= 15 is 0 Å². The van der Waals surface area contributed by atoms with Crippen molar-refractivity contribution in [3.63, 3.8) is 0 Å². The number of hydrogen-bond acceptors (Lipinski definition) is 1. The summed E-state index contributed by atoms with van der Waals surface area (Å²) >= 11 is 0. The van der Waals surface area contributed by atoms with Gasteiger partial charge in [-0.3, -0.25) is 4.39 Å². The highest BCUT2D eigenvalue weighted by atomic mass is 19.1. The summed E-state index contributed by atoms with van der Waals surface area (Å²) in [6.45, 7) is 10.4. The number of rotatable bonds is 7. The molecule has 2 rings (SSSR count). The molecule has 2 aromatic carbocycles. The third-order valence-corrected chi connectivity index (χ3v) is 5.26. The molecule has 0 saturated heterocycles. The van der Waals surface area contributed by atoms with Crippen molar-refractivity contribution in [3.8, 4) is 0 Å². The Morgan fingerprint density at radius 3 is 2.16 bits per heavy atom. The van der Waals surface area contributed by atoms with Crippen LogP contribution >= 0.6 is 0 Å². The van der Waals surface area contributed by atoms with Crippen molar-refractivity contribution in [3.05, 3.63) is 65.2 Å². The zero-order chi connectivity index (χ0) is 18.6. The fourth-order valence-corrected chi connectivity index (χ4v) is 3.13. The zero-order valence-corrected chi connectivity index (χ0v) is 16.5. The first-order valence-electron chi connectivity index (χ1n) is 9.25. The van der Waals surface area contributed by atoms with E-state index in [1.807, 2.05) is 6.92 Å². The molecule has 0 bridgehead atoms. The molecule has 1 atom stereocenters. The second-order valence-electron chi connectivity index (χ2n) is 8.02. The van der Waals surface area contributed by atoms with E-state index in [1.54, 1.807) is 0 Å². The fourth-order valence-electron chi connectivity index (χ4n) is 3.13. The number of benzene rings is 2. The van der Waals surface area contributed by atoms with Crippen LogP contribution in [0.15, 0.2) is 48.5 Å². The van der Waals surface area contributed by atoms with E-state index < -0.39 is 5.41 Å². The van der Waals surface area contributed by atoms with Gasteiger partial charge >= 0.3 is 0 Å². The molecule has 0 amide bonds. The Morgan fingerprint density at radius 1 is 1.00 bits per heavy atom. The molecule has 1 unspecified atom stereocenters. The molecule has 2 heteroatoms. The largest absolute Gasteiger partial charge is 0.372 e. The summed E-state index contributed by atoms with van der Waals surface area (Å²) in [7, 11) is 2.10. The lowest BCUT2D eigenvalue weighted by Crippen LogP contribution is -2.28. The molecular formula is C23H32FN. The maximum absolute atomic E-state index is 14.0. The van der Waals surface area contributed by atoms with Crippen LogP contribution in [0, 0.1) is 0 Å². The van der Waals surface area contributed by atoms with Crippen LogP contribution in [0.1, 0.15) is 57.2 Å². The van der Waals surface area contributed by atoms with Crippen LogP contribution in [0.5, 0.6) is 0 Å². The van der Waals surface area contributed by atoms with Gasteiger partial charge in [-0.25, -0.2) is 0 Å². The molecular weight excluding hydrogens is 309 g/mol. The highest BCUT2D eigenvalue weighted by Gasteiger charge is 2.27. The van der Waals surface area contributed by atoms with E-state index in [-0.39, 0.29) is 6.67 Å². The third-order valence-electron chi connectivity index (χ3n) is 5.26. The second-order valence-corrected chi connectivity index (χ2v) is 8.02. The summed E-state index contributed by atoms with van der Waals surface area (Å²) in [6.07, 6.45) is 0.699. The number of halogens is 1. The minimum atomic E-state index is -0.496. The molecule has 0 saturated carbocycles. The highest BCUT2D eigenvalue weighted by molar-refractivity contribution is 5.49. The molecule has 0 fully saturated rings. The van der Waals surface area contributed by atoms with E-state index in [0.29, 0.717) is 18.4 Å². The molecule has 25 heavy (non-hydrogen) atoms. The van der Waals surface area contributed by atoms with Crippen LogP contribution < -0.4 is 4.90 Å². The van der Waals surface area contributed by atoms with Gasteiger partial charge < -0.3 is 4.90 Å². The predicted octanol–water partition coefficient (Wildman–Crippen LogP) is 6.12. The van der Waals surface area contributed by atoms with Gasteiger partial charge in [-0.15, -0.1) is 0 Å². The SMILES string of the molecule is CC(C)c1ccc(C(C)(CF)Cc2cccc(N(C)C(C)C)c2)cc1. The van der Waals surface area contributed by atoms with E-state index in [1.165, 1.54) is 16.8 Å². The molecule has 2 aromatic rings. The fraction of sp³-hybridized carbons (Fsp3) is 0.478. The van der Waals surface area contributed by atoms with Gasteiger partial charge in [0.25, 0.3) is 0 Å². The monoisotopic (exact) mass is 341 g/mol. The highest BCUT2D eigenvalue weighted by Crippen LogP contribution is 2.31. The molecule has 136 valence electrons. The smallest absolute Gasteiger partial charge is 0.0991 e. The summed E-state index contributed by atoms with van der Waals surface area (Å²) in [4.78, 5) is 2.24. The van der Waals surface area contributed by atoms with Crippen molar-refractivity contribution in [2.75, 3.05) is 18.6 Å². The Morgan fingerprint density at radius 2 is 1.64 bits per heavy atom. The molecule has 0 spiro atoms. The normalized spacial score (nSPS) is 14.0. The summed E-state index contributed by atoms with van der Waals surface area (Å²) in [6, 6.07) is 17.4. The summed E-state index contributed by atoms with van der Waals surface area (Å²) in [5.41, 5.74) is 4.24. The van der Waals surface area contributed by atoms with Gasteiger partial charge in [0.05, 0.1) is 6.67 Å². The van der Waals surface area contributed by atoms with Crippen LogP contribution in [-0.4, -0.2) is 19.8 Å². The molecule has 0 aliphatic carbocycles. The van der Waals surface area contributed by atoms with E-state index in [9.17, 15) is 4.39 Å². The van der Waals surface area contributed by atoms with Crippen molar-refractivity contribution in [1.82, 2.24) is 0 Å². The maximum atomic E-state index is 14.0. The number of hydrogen-bond donors (Lipinski definition) is 0. The Labute approximate surface area is 152 Å². The first-order valence-corrected chi connectivity index (χ1v) is 9.25. The Balaban J connectivity index is 2.27. The minimum absolute atomic E-state index is 0.363. The average molecular weight is 342 g/mol. The van der Waals surface area contributed by atoms with Crippen molar-refractivity contribution >= 4 is 5.69 Å². The van der Waals surface area contributed by atoms with Crippen LogP contribution in [-0.2, 0) is 11.8 Å². The van der Waals surface area contributed by atoms with Gasteiger partial charge in [0.1, 0.15) is 0 Å². The minimum Gasteiger partial charge on any atom is -0.372 e. The lowest BCUT2D eigenvalue weighted by molar-refractivity contribution is 0.324. The quantitative estimate of drug-likeness (QED) is 0.586. The van der Waals surface area contributed by atoms with Crippen molar-refractivity contribution in [2.24, 2.45) is 0 Å². The van der Waals surface area contributed by atoms with E-state index in [4.69, 9.17) is 0 Å². The number of anilines is 1. The maximum Gasteiger partial charge on any atom is 0.0991 e. The number of nitrogens with zero attached hydrogens (tertiary/aromatic N) is 1. The van der Waals surface area contributed by atoms with Crippen LogP contribution in [0.4, 0.5) is 10.1 Å². The van der Waals surface area contributed by atoms with Crippen LogP contribution in [0.3, 0.4) is 0 Å². The van der Waals surface area contributed by atoms with Gasteiger partial charge in [0, 0.05) is 24.2 Å². The second kappa shape index (κ2) is 8.03. The molecule has 0 radical (unpaired) electrons. The molecule has 0 N–H and O–H groups in total. The van der Waals surface area contributed by atoms with Gasteiger partial charge in [-0.2, -0.15) is 0 Å². The summed E-state index contributed by atoms with van der Waals surface area (Å²) in [5, 5.41) is 0. The lowest BCUT2D eigenvalue weighted by atomic mass is 9.78. The van der Waals surface area contributed by atoms with Gasteiger partial charge in [0.2, 0.25) is 0 Å². The Hall–Kier alpha value is -1.83. The van der Waals surface area contributed by atoms with Crippen molar-refractivity contribution in [1.29, 1.82) is 0 Å². The van der Waals surface area contributed by atoms with Gasteiger partial charge in [0.15, 0.2) is 0 Å². The zero-order valence-electron chi connectivity index (χ0n) is 16.5. The van der Waals surface area contributed by atoms with Crippen molar-refractivity contribution < 1.29 is 4.39 Å². The van der Waals surface area contributed by atoms with Gasteiger partial charge in [-0.1, -0.05) is 57.2 Å². The Bertz CT molecular complexity index is 675. The standard InChI is InChI=1S/C23H32FN/c1-17(2)20-10-12-21(13-11-20)23(5,16-24)15-19-8-7-9-22(14-19)25(6)18(3)4/h7-14,17-18H,15-16H2,1-6H3. The lowest BCUT2D eigenvalue weighted by Gasteiger charge is -2.29. The van der Waals surface area contributed by atoms with E-state index in [2.05, 4.69) is 88.2 Å². The van der Waals surface area contributed by atoms with Crippen LogP contribution in [0.25, 0.3) is 0 Å². The molecule has 0 aromatic heterocycles. The van der Waals surface area contributed by atoms with Crippen LogP contribution in [0.2, 0.25) is 0 Å². The Kier molecular flexibility index (Phi) is 6.26. The number of alkyl halides is 1. The molecule has 0 heterocycles. The summed E-state index contributed by atoms with van der Waals surface area (Å²) in [5.74, 6) is 0.494. The predicted molar refractivity (Wildman–Crippen MR) is 108 cm³/mol. The first kappa shape index (κ1) is 19.5. The average Bonchev–Trinajstić information content (AvgIpc) is 2.61. The molecule has 0 aliphatic rings.